The Kier molecular flexibility index (Phi) is 6.47. The Bertz CT molecular complexity index is 1220. The molecule has 0 saturated carbocycles. The standard InChI is InChI=1S/C23H18F2N2O3S/c24-22(25)30-18-12-10-16(11-13-18)27-21(28)19-8-4-5-9-20(19)26-23(27)31-15-14-29-17-6-2-1-3-7-17/h1-13,22H,14-15H2. The van der Waals surface area contributed by atoms with Gasteiger partial charge in [-0.05, 0) is 48.5 Å². The first-order chi connectivity index (χ1) is 15.1. The number of para-hydroxylation sites is 2. The van der Waals surface area contributed by atoms with Crippen LogP contribution in [0.2, 0.25) is 0 Å². The molecular weight excluding hydrogens is 422 g/mol. The number of aromatic nitrogens is 2. The number of hydrogen-bond acceptors (Lipinski definition) is 5. The third kappa shape index (κ3) is 5.03. The number of fused-ring (bicyclic) bond motifs is 1. The van der Waals surface area contributed by atoms with Crippen molar-refractivity contribution in [3.8, 4) is 17.2 Å². The summed E-state index contributed by atoms with van der Waals surface area (Å²) in [6, 6.07) is 22.4. The van der Waals surface area contributed by atoms with E-state index >= 15 is 0 Å². The monoisotopic (exact) mass is 440 g/mol. The zero-order valence-corrected chi connectivity index (χ0v) is 17.1. The van der Waals surface area contributed by atoms with E-state index in [1.54, 1.807) is 30.3 Å². The normalized spacial score (nSPS) is 11.1. The van der Waals surface area contributed by atoms with Gasteiger partial charge in [0, 0.05) is 5.75 Å². The van der Waals surface area contributed by atoms with Crippen molar-refractivity contribution in [1.29, 1.82) is 0 Å². The van der Waals surface area contributed by atoms with E-state index in [0.717, 1.165) is 5.75 Å². The lowest BCUT2D eigenvalue weighted by atomic mass is 10.2. The molecule has 0 atom stereocenters. The minimum atomic E-state index is -2.91. The lowest BCUT2D eigenvalue weighted by molar-refractivity contribution is -0.0498. The lowest BCUT2D eigenvalue weighted by Crippen LogP contribution is -2.22. The fraction of sp³-hybridized carbons (Fsp3) is 0.130. The summed E-state index contributed by atoms with van der Waals surface area (Å²) in [7, 11) is 0. The first kappa shape index (κ1) is 20.9. The number of rotatable bonds is 8. The summed E-state index contributed by atoms with van der Waals surface area (Å²) < 4.78 is 36.5. The Hall–Kier alpha value is -3.39. The molecule has 0 aliphatic rings. The molecule has 0 radical (unpaired) electrons. The summed E-state index contributed by atoms with van der Waals surface area (Å²) in [6.07, 6.45) is 0. The van der Waals surface area contributed by atoms with Crippen LogP contribution in [0, 0.1) is 0 Å². The molecule has 158 valence electrons. The van der Waals surface area contributed by atoms with E-state index in [1.807, 2.05) is 36.4 Å². The SMILES string of the molecule is O=c1c2ccccc2nc(SCCOc2ccccc2)n1-c1ccc(OC(F)F)cc1. The van der Waals surface area contributed by atoms with Crippen LogP contribution >= 0.6 is 11.8 Å². The maximum atomic E-state index is 13.2. The maximum absolute atomic E-state index is 13.2. The van der Waals surface area contributed by atoms with Crippen LogP contribution in [0.25, 0.3) is 16.6 Å². The van der Waals surface area contributed by atoms with Gasteiger partial charge in [0.2, 0.25) is 0 Å². The first-order valence-corrected chi connectivity index (χ1v) is 10.5. The Morgan fingerprint density at radius 2 is 1.61 bits per heavy atom. The van der Waals surface area contributed by atoms with Crippen molar-refractivity contribution in [1.82, 2.24) is 9.55 Å². The molecule has 0 unspecified atom stereocenters. The number of halogens is 2. The fourth-order valence-electron chi connectivity index (χ4n) is 3.02. The number of thioether (sulfide) groups is 1. The van der Waals surface area contributed by atoms with Gasteiger partial charge in [-0.25, -0.2) is 4.98 Å². The molecule has 0 aliphatic carbocycles. The van der Waals surface area contributed by atoms with E-state index in [9.17, 15) is 13.6 Å². The van der Waals surface area contributed by atoms with Gasteiger partial charge in [0.1, 0.15) is 11.5 Å². The second kappa shape index (κ2) is 9.61. The smallest absolute Gasteiger partial charge is 0.387 e. The molecule has 8 heteroatoms. The van der Waals surface area contributed by atoms with Gasteiger partial charge in [-0.2, -0.15) is 8.78 Å². The number of hydrogen-bond donors (Lipinski definition) is 0. The second-order valence-electron chi connectivity index (χ2n) is 6.43. The number of alkyl halides is 2. The van der Waals surface area contributed by atoms with Gasteiger partial charge in [-0.15, -0.1) is 0 Å². The van der Waals surface area contributed by atoms with Crippen LogP contribution in [0.5, 0.6) is 11.5 Å². The second-order valence-corrected chi connectivity index (χ2v) is 7.50. The van der Waals surface area contributed by atoms with Crippen molar-refractivity contribution in [3.63, 3.8) is 0 Å². The van der Waals surface area contributed by atoms with Crippen molar-refractivity contribution in [3.05, 3.63) is 89.2 Å². The largest absolute Gasteiger partial charge is 0.493 e. The summed E-state index contributed by atoms with van der Waals surface area (Å²) in [5.41, 5.74) is 0.865. The molecule has 4 rings (SSSR count). The van der Waals surface area contributed by atoms with Crippen molar-refractivity contribution < 1.29 is 18.3 Å². The molecule has 0 amide bonds. The maximum Gasteiger partial charge on any atom is 0.387 e. The van der Waals surface area contributed by atoms with Crippen LogP contribution in [0.4, 0.5) is 8.78 Å². The third-order valence-corrected chi connectivity index (χ3v) is 5.29. The van der Waals surface area contributed by atoms with E-state index in [1.165, 1.54) is 28.5 Å². The Morgan fingerprint density at radius 3 is 2.35 bits per heavy atom. The van der Waals surface area contributed by atoms with E-state index in [4.69, 9.17) is 4.74 Å². The van der Waals surface area contributed by atoms with Crippen molar-refractivity contribution in [2.45, 2.75) is 11.8 Å². The minimum Gasteiger partial charge on any atom is -0.493 e. The van der Waals surface area contributed by atoms with Crippen molar-refractivity contribution >= 4 is 22.7 Å². The highest BCUT2D eigenvalue weighted by molar-refractivity contribution is 7.99. The van der Waals surface area contributed by atoms with Gasteiger partial charge in [-0.3, -0.25) is 9.36 Å². The van der Waals surface area contributed by atoms with E-state index in [0.29, 0.717) is 34.1 Å². The van der Waals surface area contributed by atoms with Gasteiger partial charge < -0.3 is 9.47 Å². The minimum absolute atomic E-state index is 0.0195. The van der Waals surface area contributed by atoms with Crippen LogP contribution in [0.1, 0.15) is 0 Å². The lowest BCUT2D eigenvalue weighted by Gasteiger charge is -2.14. The first-order valence-electron chi connectivity index (χ1n) is 9.49. The van der Waals surface area contributed by atoms with Crippen LogP contribution in [0.3, 0.4) is 0 Å². The molecule has 1 heterocycles. The summed E-state index contributed by atoms with van der Waals surface area (Å²) >= 11 is 1.38. The topological polar surface area (TPSA) is 53.3 Å². The summed E-state index contributed by atoms with van der Waals surface area (Å²) in [4.78, 5) is 17.8. The Labute approximate surface area is 181 Å². The molecule has 0 spiro atoms. The van der Waals surface area contributed by atoms with E-state index < -0.39 is 6.61 Å². The molecular formula is C23H18F2N2O3S. The predicted molar refractivity (Wildman–Crippen MR) is 117 cm³/mol. The number of ether oxygens (including phenoxy) is 2. The summed E-state index contributed by atoms with van der Waals surface area (Å²) in [5.74, 6) is 1.35. The molecule has 1 aromatic heterocycles. The molecule has 3 aromatic carbocycles. The van der Waals surface area contributed by atoms with Gasteiger partial charge in [-0.1, -0.05) is 42.1 Å². The molecule has 31 heavy (non-hydrogen) atoms. The van der Waals surface area contributed by atoms with E-state index in [2.05, 4.69) is 9.72 Å². The average molecular weight is 440 g/mol. The van der Waals surface area contributed by atoms with Crippen LogP contribution in [-0.2, 0) is 0 Å². The van der Waals surface area contributed by atoms with E-state index in [-0.39, 0.29) is 11.3 Å². The highest BCUT2D eigenvalue weighted by Gasteiger charge is 2.14. The molecule has 0 bridgehead atoms. The van der Waals surface area contributed by atoms with Gasteiger partial charge in [0.15, 0.2) is 5.16 Å². The quantitative estimate of drug-likeness (QED) is 0.215. The van der Waals surface area contributed by atoms with Crippen LogP contribution < -0.4 is 15.0 Å². The molecule has 0 saturated heterocycles. The molecule has 0 fully saturated rings. The predicted octanol–water partition coefficient (Wildman–Crippen LogP) is 5.16. The number of benzene rings is 3. The number of nitrogens with zero attached hydrogens (tertiary/aromatic N) is 2. The van der Waals surface area contributed by atoms with Gasteiger partial charge in [0.25, 0.3) is 5.56 Å². The fourth-order valence-corrected chi connectivity index (χ4v) is 3.85. The molecule has 4 aromatic rings. The molecule has 0 N–H and O–H groups in total. The van der Waals surface area contributed by atoms with Gasteiger partial charge >= 0.3 is 6.61 Å². The molecule has 0 aliphatic heterocycles. The highest BCUT2D eigenvalue weighted by Crippen LogP contribution is 2.23. The summed E-state index contributed by atoms with van der Waals surface area (Å²) in [5, 5.41) is 0.961. The Morgan fingerprint density at radius 1 is 0.903 bits per heavy atom. The Balaban J connectivity index is 1.62. The van der Waals surface area contributed by atoms with Crippen molar-refractivity contribution in [2.75, 3.05) is 12.4 Å². The van der Waals surface area contributed by atoms with Crippen molar-refractivity contribution in [2.24, 2.45) is 0 Å². The van der Waals surface area contributed by atoms with Crippen LogP contribution in [-0.4, -0.2) is 28.5 Å². The molecule has 5 nitrogen and oxygen atoms in total. The van der Waals surface area contributed by atoms with Gasteiger partial charge in [0.05, 0.1) is 23.2 Å². The zero-order valence-electron chi connectivity index (χ0n) is 16.3. The highest BCUT2D eigenvalue weighted by atomic mass is 32.2. The van der Waals surface area contributed by atoms with Crippen LogP contribution in [0.15, 0.2) is 88.8 Å². The third-order valence-electron chi connectivity index (χ3n) is 4.39. The summed E-state index contributed by atoms with van der Waals surface area (Å²) in [6.45, 7) is -2.48. The zero-order chi connectivity index (χ0) is 21.6. The average Bonchev–Trinajstić information content (AvgIpc) is 2.78.